The zero-order chi connectivity index (χ0) is 18.1. The van der Waals surface area contributed by atoms with Crippen molar-refractivity contribution in [1.29, 1.82) is 10.7 Å². The number of oxazole rings is 1. The Morgan fingerprint density at radius 3 is 3.00 bits per heavy atom. The van der Waals surface area contributed by atoms with Gasteiger partial charge in [0, 0.05) is 6.07 Å². The molecule has 0 radical (unpaired) electrons. The highest BCUT2D eigenvalue weighted by Gasteiger charge is 2.25. The molecule has 0 fully saturated rings. The van der Waals surface area contributed by atoms with Crippen LogP contribution >= 0.6 is 0 Å². The first-order valence-electron chi connectivity index (χ1n) is 8.09. The fourth-order valence-corrected chi connectivity index (χ4v) is 3.09. The minimum Gasteiger partial charge on any atom is -0.469 e. The van der Waals surface area contributed by atoms with E-state index in [9.17, 15) is 0 Å². The van der Waals surface area contributed by atoms with Crippen molar-refractivity contribution in [3.05, 3.63) is 71.1 Å². The van der Waals surface area contributed by atoms with Crippen LogP contribution in [0.25, 0.3) is 0 Å². The van der Waals surface area contributed by atoms with E-state index >= 15 is 0 Å². The Bertz CT molecular complexity index is 1020. The number of nitrogens with two attached hydrogens (primary N) is 1. The summed E-state index contributed by atoms with van der Waals surface area (Å²) in [5.41, 5.74) is 9.51. The average molecular weight is 345 g/mol. The van der Waals surface area contributed by atoms with Gasteiger partial charge in [-0.3, -0.25) is 5.41 Å². The van der Waals surface area contributed by atoms with E-state index in [-0.39, 0.29) is 23.3 Å². The number of pyridine rings is 1. The number of hydrogen-bond donors (Lipinski definition) is 2. The van der Waals surface area contributed by atoms with Crippen LogP contribution in [-0.4, -0.2) is 15.7 Å². The van der Waals surface area contributed by atoms with E-state index in [2.05, 4.69) is 16.0 Å². The maximum absolute atomic E-state index is 9.02. The van der Waals surface area contributed by atoms with Gasteiger partial charge in [-0.1, -0.05) is 6.07 Å². The van der Waals surface area contributed by atoms with Crippen molar-refractivity contribution < 1.29 is 9.15 Å². The van der Waals surface area contributed by atoms with Gasteiger partial charge in [-0.2, -0.15) is 5.26 Å². The van der Waals surface area contributed by atoms with Gasteiger partial charge in [-0.05, 0) is 42.2 Å². The molecule has 0 bridgehead atoms. The predicted molar refractivity (Wildman–Crippen MR) is 93.9 cm³/mol. The van der Waals surface area contributed by atoms with E-state index in [1.807, 2.05) is 12.1 Å². The number of aryl methyl sites for hydroxylation is 1. The van der Waals surface area contributed by atoms with Crippen molar-refractivity contribution in [3.8, 4) is 11.9 Å². The Balaban J connectivity index is 1.60. The molecule has 0 spiro atoms. The highest BCUT2D eigenvalue weighted by molar-refractivity contribution is 6.10. The van der Waals surface area contributed by atoms with Gasteiger partial charge in [0.15, 0.2) is 12.2 Å². The average Bonchev–Trinajstić information content (AvgIpc) is 3.32. The lowest BCUT2D eigenvalue weighted by molar-refractivity contribution is 0.199. The van der Waals surface area contributed by atoms with Crippen LogP contribution in [0.1, 0.15) is 40.7 Å². The number of benzene rings is 1. The number of nitrogens with zero attached hydrogens (tertiary/aromatic N) is 3. The second-order valence-corrected chi connectivity index (χ2v) is 6.00. The van der Waals surface area contributed by atoms with Crippen LogP contribution in [0.15, 0.2) is 47.3 Å². The van der Waals surface area contributed by atoms with Gasteiger partial charge in [-0.15, -0.1) is 0 Å². The van der Waals surface area contributed by atoms with Crippen LogP contribution in [0.3, 0.4) is 0 Å². The Morgan fingerprint density at radius 2 is 2.23 bits per heavy atom. The molecule has 1 aliphatic carbocycles. The van der Waals surface area contributed by atoms with E-state index in [1.165, 1.54) is 12.6 Å². The molecule has 0 saturated carbocycles. The van der Waals surface area contributed by atoms with Crippen LogP contribution < -0.4 is 10.5 Å². The van der Waals surface area contributed by atoms with Crippen molar-refractivity contribution >= 4 is 11.4 Å². The Hall–Kier alpha value is -3.66. The fraction of sp³-hybridized carbons (Fsp3) is 0.158. The molecule has 0 unspecified atom stereocenters. The van der Waals surface area contributed by atoms with Gasteiger partial charge in [0.25, 0.3) is 0 Å². The summed E-state index contributed by atoms with van der Waals surface area (Å²) >= 11 is 0. The summed E-state index contributed by atoms with van der Waals surface area (Å²) in [5.74, 6) is 0.678. The summed E-state index contributed by atoms with van der Waals surface area (Å²) in [6.45, 7) is 0. The molecule has 0 saturated heterocycles. The minimum absolute atomic E-state index is 0.0518. The normalized spacial score (nSPS) is 15.3. The zero-order valence-electron chi connectivity index (χ0n) is 13.8. The summed E-state index contributed by atoms with van der Waals surface area (Å²) in [4.78, 5) is 8.20. The molecule has 1 aliphatic rings. The third kappa shape index (κ3) is 2.78. The monoisotopic (exact) mass is 345 g/mol. The van der Waals surface area contributed by atoms with E-state index in [0.717, 1.165) is 24.0 Å². The lowest BCUT2D eigenvalue weighted by Gasteiger charge is -2.15. The molecule has 0 aliphatic heterocycles. The van der Waals surface area contributed by atoms with Crippen LogP contribution in [0.2, 0.25) is 0 Å². The number of rotatable bonds is 4. The molecule has 2 aromatic heterocycles. The predicted octanol–water partition coefficient (Wildman–Crippen LogP) is 3.01. The lowest BCUT2D eigenvalue weighted by atomic mass is 10.1. The van der Waals surface area contributed by atoms with Crippen molar-refractivity contribution in [1.82, 2.24) is 9.97 Å². The Morgan fingerprint density at radius 1 is 1.35 bits per heavy atom. The second-order valence-electron chi connectivity index (χ2n) is 6.00. The van der Waals surface area contributed by atoms with Gasteiger partial charge in [0.2, 0.25) is 5.88 Å². The van der Waals surface area contributed by atoms with E-state index in [0.29, 0.717) is 17.1 Å². The minimum atomic E-state index is -0.138. The number of hydrogen-bond acceptors (Lipinski definition) is 7. The number of nitrogen functional groups attached to an aromatic ring is 1. The molecule has 7 nitrogen and oxygen atoms in total. The molecular formula is C19H15N5O2. The van der Waals surface area contributed by atoms with Crippen LogP contribution in [0.4, 0.5) is 5.69 Å². The van der Waals surface area contributed by atoms with Crippen molar-refractivity contribution in [2.24, 2.45) is 0 Å². The number of nitrogens with one attached hydrogen (secondary N) is 1. The summed E-state index contributed by atoms with van der Waals surface area (Å²) in [6, 6.07) is 11.1. The first-order valence-corrected chi connectivity index (χ1v) is 8.09. The van der Waals surface area contributed by atoms with E-state index in [1.54, 1.807) is 18.2 Å². The molecule has 1 atom stereocenters. The van der Waals surface area contributed by atoms with Gasteiger partial charge < -0.3 is 14.9 Å². The first kappa shape index (κ1) is 15.8. The van der Waals surface area contributed by atoms with Crippen molar-refractivity contribution in [2.75, 3.05) is 5.73 Å². The topological polar surface area (TPSA) is 122 Å². The molecule has 26 heavy (non-hydrogen) atoms. The summed E-state index contributed by atoms with van der Waals surface area (Å²) in [5, 5.41) is 17.2. The highest BCUT2D eigenvalue weighted by Crippen LogP contribution is 2.35. The number of ether oxygens (including phenoxy) is 1. The third-order valence-corrected chi connectivity index (χ3v) is 4.37. The molecule has 1 aromatic carbocycles. The summed E-state index contributed by atoms with van der Waals surface area (Å²) in [7, 11) is 0. The van der Waals surface area contributed by atoms with Crippen molar-refractivity contribution in [2.45, 2.75) is 18.9 Å². The summed E-state index contributed by atoms with van der Waals surface area (Å²) < 4.78 is 11.2. The van der Waals surface area contributed by atoms with Gasteiger partial charge in [0.1, 0.15) is 17.5 Å². The standard InChI is InChI=1S/C19H15N5O2/c20-8-11-1-3-13-12(7-11)2-5-15(13)26-17-6-4-14(21)19(24-17)18(22)16-9-23-10-25-16/h1,3-4,6-7,9-10,15,22H,2,5,21H2/t15-/m0/s1. The van der Waals surface area contributed by atoms with Crippen molar-refractivity contribution in [3.63, 3.8) is 0 Å². The molecule has 2 heterocycles. The number of fused-ring (bicyclic) bond motifs is 1. The highest BCUT2D eigenvalue weighted by atomic mass is 16.5. The molecule has 0 amide bonds. The molecule has 4 rings (SSSR count). The molecule has 3 aromatic rings. The zero-order valence-corrected chi connectivity index (χ0v) is 13.8. The number of anilines is 1. The van der Waals surface area contributed by atoms with Gasteiger partial charge in [-0.25, -0.2) is 9.97 Å². The van der Waals surface area contributed by atoms with Gasteiger partial charge in [0.05, 0.1) is 23.5 Å². The molecular weight excluding hydrogens is 330 g/mol. The van der Waals surface area contributed by atoms with Crippen LogP contribution in [-0.2, 0) is 6.42 Å². The Kier molecular flexibility index (Phi) is 3.86. The molecule has 7 heteroatoms. The third-order valence-electron chi connectivity index (χ3n) is 4.37. The molecule has 3 N–H and O–H groups in total. The number of aromatic nitrogens is 2. The molecule has 128 valence electrons. The smallest absolute Gasteiger partial charge is 0.214 e. The lowest BCUT2D eigenvalue weighted by Crippen LogP contribution is -2.10. The maximum atomic E-state index is 9.02. The number of nitriles is 1. The SMILES string of the molecule is N#Cc1ccc2c(c1)CC[C@@H]2Oc1ccc(N)c(C(=N)c2cnco2)n1. The Labute approximate surface area is 149 Å². The van der Waals surface area contributed by atoms with Crippen LogP contribution in [0.5, 0.6) is 5.88 Å². The first-order chi connectivity index (χ1) is 12.7. The summed E-state index contributed by atoms with van der Waals surface area (Å²) in [6.07, 6.45) is 4.22. The van der Waals surface area contributed by atoms with E-state index < -0.39 is 0 Å². The fourth-order valence-electron chi connectivity index (χ4n) is 3.09. The van der Waals surface area contributed by atoms with Gasteiger partial charge >= 0.3 is 0 Å². The quantitative estimate of drug-likeness (QED) is 0.701. The van der Waals surface area contributed by atoms with Crippen LogP contribution in [0, 0.1) is 16.7 Å². The van der Waals surface area contributed by atoms with E-state index in [4.69, 9.17) is 25.6 Å². The maximum Gasteiger partial charge on any atom is 0.214 e. The second kappa shape index (κ2) is 6.33. The largest absolute Gasteiger partial charge is 0.469 e.